The van der Waals surface area contributed by atoms with Crippen LogP contribution in [0.4, 0.5) is 5.69 Å². The van der Waals surface area contributed by atoms with Crippen molar-refractivity contribution in [1.29, 1.82) is 0 Å². The van der Waals surface area contributed by atoms with Crippen LogP contribution in [0, 0.1) is 11.6 Å². The number of aromatic nitrogens is 4. The minimum absolute atomic E-state index is 0.500. The average molecular weight is 257 g/mol. The van der Waals surface area contributed by atoms with Crippen molar-refractivity contribution in [2.75, 3.05) is 5.43 Å². The van der Waals surface area contributed by atoms with Crippen molar-refractivity contribution in [1.82, 2.24) is 19.6 Å². The van der Waals surface area contributed by atoms with Gasteiger partial charge < -0.3 is 4.98 Å². The van der Waals surface area contributed by atoms with Crippen LogP contribution >= 0.6 is 12.2 Å². The summed E-state index contributed by atoms with van der Waals surface area (Å²) < 4.78 is 2.36. The molecular formula is C12H11N5S. The third kappa shape index (κ3) is 1.76. The summed E-state index contributed by atoms with van der Waals surface area (Å²) in [7, 11) is 0. The minimum atomic E-state index is 0.500. The molecule has 90 valence electrons. The quantitative estimate of drug-likeness (QED) is 0.693. The van der Waals surface area contributed by atoms with Gasteiger partial charge in [-0.05, 0) is 19.1 Å². The van der Waals surface area contributed by atoms with E-state index in [0.717, 1.165) is 17.2 Å². The molecule has 0 saturated carbocycles. The summed E-state index contributed by atoms with van der Waals surface area (Å²) >= 11 is 5.16. The highest BCUT2D eigenvalue weighted by molar-refractivity contribution is 7.71. The molecule has 0 amide bonds. The SMILES string of the molecule is Cc1nc2c(=S)nc[nH]c2n1Nc1ccccc1. The third-order valence-corrected chi connectivity index (χ3v) is 2.94. The predicted molar refractivity (Wildman–Crippen MR) is 72.9 cm³/mol. The largest absolute Gasteiger partial charge is 0.329 e. The van der Waals surface area contributed by atoms with E-state index in [0.29, 0.717) is 10.2 Å². The summed E-state index contributed by atoms with van der Waals surface area (Å²) in [6, 6.07) is 9.89. The van der Waals surface area contributed by atoms with E-state index in [9.17, 15) is 0 Å². The molecule has 2 heterocycles. The van der Waals surface area contributed by atoms with Crippen LogP contribution in [0.25, 0.3) is 11.2 Å². The van der Waals surface area contributed by atoms with Crippen LogP contribution in [0.3, 0.4) is 0 Å². The maximum absolute atomic E-state index is 5.16. The van der Waals surface area contributed by atoms with Gasteiger partial charge in [0.15, 0.2) is 10.3 Å². The highest BCUT2D eigenvalue weighted by Crippen LogP contribution is 2.14. The fourth-order valence-corrected chi connectivity index (χ4v) is 2.00. The molecular weight excluding hydrogens is 246 g/mol. The molecule has 0 aliphatic heterocycles. The van der Waals surface area contributed by atoms with Gasteiger partial charge in [0.1, 0.15) is 11.3 Å². The van der Waals surface area contributed by atoms with Crippen molar-refractivity contribution in [2.45, 2.75) is 6.92 Å². The molecule has 3 rings (SSSR count). The van der Waals surface area contributed by atoms with Crippen molar-refractivity contribution in [2.24, 2.45) is 0 Å². The van der Waals surface area contributed by atoms with Crippen LogP contribution in [0.1, 0.15) is 5.82 Å². The summed E-state index contributed by atoms with van der Waals surface area (Å²) in [5.41, 5.74) is 5.77. The maximum atomic E-state index is 5.16. The van der Waals surface area contributed by atoms with Gasteiger partial charge in [-0.2, -0.15) is 0 Å². The van der Waals surface area contributed by atoms with Gasteiger partial charge in [0, 0.05) is 0 Å². The molecule has 1 aromatic carbocycles. The molecule has 6 heteroatoms. The van der Waals surface area contributed by atoms with Crippen LogP contribution in [0.2, 0.25) is 0 Å². The number of imidazole rings is 1. The van der Waals surface area contributed by atoms with Crippen molar-refractivity contribution in [3.8, 4) is 0 Å². The summed E-state index contributed by atoms with van der Waals surface area (Å²) in [5, 5.41) is 0. The molecule has 0 bridgehead atoms. The molecule has 0 atom stereocenters. The van der Waals surface area contributed by atoms with Crippen molar-refractivity contribution in [3.05, 3.63) is 47.1 Å². The summed E-state index contributed by atoms with van der Waals surface area (Å²) in [5.74, 6) is 0.823. The van der Waals surface area contributed by atoms with Gasteiger partial charge in [-0.15, -0.1) is 0 Å². The topological polar surface area (TPSA) is 58.5 Å². The number of para-hydroxylation sites is 1. The maximum Gasteiger partial charge on any atom is 0.161 e. The first-order chi connectivity index (χ1) is 8.75. The van der Waals surface area contributed by atoms with Gasteiger partial charge in [0.2, 0.25) is 0 Å². The molecule has 18 heavy (non-hydrogen) atoms. The lowest BCUT2D eigenvalue weighted by Crippen LogP contribution is -2.11. The highest BCUT2D eigenvalue weighted by Gasteiger charge is 2.09. The first kappa shape index (κ1) is 10.9. The number of fused-ring (bicyclic) bond motifs is 1. The number of nitrogens with one attached hydrogen (secondary N) is 2. The fraction of sp³-hybridized carbons (Fsp3) is 0.0833. The van der Waals surface area contributed by atoms with Crippen molar-refractivity contribution < 1.29 is 0 Å². The van der Waals surface area contributed by atoms with Gasteiger partial charge in [0.05, 0.1) is 12.0 Å². The third-order valence-electron chi connectivity index (χ3n) is 2.65. The summed E-state index contributed by atoms with van der Waals surface area (Å²) in [4.78, 5) is 11.5. The van der Waals surface area contributed by atoms with E-state index in [1.807, 2.05) is 41.9 Å². The Bertz CT molecular complexity index is 744. The number of aryl methyl sites for hydroxylation is 1. The first-order valence-corrected chi connectivity index (χ1v) is 5.91. The van der Waals surface area contributed by atoms with E-state index in [1.54, 1.807) is 6.33 Å². The molecule has 0 spiro atoms. The molecule has 0 fully saturated rings. The second kappa shape index (κ2) is 4.23. The number of H-pyrrole nitrogens is 1. The lowest BCUT2D eigenvalue weighted by atomic mass is 10.3. The first-order valence-electron chi connectivity index (χ1n) is 5.50. The number of rotatable bonds is 2. The molecule has 0 aliphatic rings. The number of hydrogen-bond acceptors (Lipinski definition) is 4. The van der Waals surface area contributed by atoms with Gasteiger partial charge >= 0.3 is 0 Å². The Morgan fingerprint density at radius 1 is 1.28 bits per heavy atom. The molecule has 5 nitrogen and oxygen atoms in total. The van der Waals surface area contributed by atoms with E-state index >= 15 is 0 Å². The monoisotopic (exact) mass is 257 g/mol. The number of hydrogen-bond donors (Lipinski definition) is 2. The lowest BCUT2D eigenvalue weighted by Gasteiger charge is -2.09. The zero-order chi connectivity index (χ0) is 12.5. The standard InChI is InChI=1S/C12H11N5S/c1-8-15-10-11(13-7-14-12(10)18)17(8)16-9-5-3-2-4-6-9/h2-7,16H,1H3,(H,13,14,18). The van der Waals surface area contributed by atoms with E-state index in [2.05, 4.69) is 20.4 Å². The Kier molecular flexibility index (Phi) is 2.56. The minimum Gasteiger partial charge on any atom is -0.329 e. The Morgan fingerprint density at radius 3 is 2.83 bits per heavy atom. The van der Waals surface area contributed by atoms with Crippen LogP contribution in [-0.4, -0.2) is 19.6 Å². The molecule has 0 unspecified atom stereocenters. The van der Waals surface area contributed by atoms with Crippen LogP contribution in [0.15, 0.2) is 36.7 Å². The zero-order valence-electron chi connectivity index (χ0n) is 9.71. The Balaban J connectivity index is 2.15. The smallest absolute Gasteiger partial charge is 0.161 e. The van der Waals surface area contributed by atoms with E-state index in [-0.39, 0.29) is 0 Å². The number of anilines is 1. The molecule has 0 aliphatic carbocycles. The Hall–Kier alpha value is -2.21. The normalized spacial score (nSPS) is 10.7. The lowest BCUT2D eigenvalue weighted by molar-refractivity contribution is 0.907. The molecule has 0 saturated heterocycles. The Labute approximate surface area is 108 Å². The van der Waals surface area contributed by atoms with Crippen LogP contribution in [0.5, 0.6) is 0 Å². The van der Waals surface area contributed by atoms with Crippen LogP contribution < -0.4 is 5.43 Å². The van der Waals surface area contributed by atoms with Gasteiger partial charge in [0.25, 0.3) is 0 Å². The number of benzene rings is 1. The number of nitrogens with zero attached hydrogens (tertiary/aromatic N) is 3. The summed E-state index contributed by atoms with van der Waals surface area (Å²) in [6.45, 7) is 1.92. The van der Waals surface area contributed by atoms with Crippen molar-refractivity contribution in [3.63, 3.8) is 0 Å². The Morgan fingerprint density at radius 2 is 2.06 bits per heavy atom. The molecule has 0 radical (unpaired) electrons. The summed E-state index contributed by atoms with van der Waals surface area (Å²) in [6.07, 6.45) is 1.58. The fourth-order valence-electron chi connectivity index (χ4n) is 1.81. The second-order valence-corrected chi connectivity index (χ2v) is 4.26. The predicted octanol–water partition coefficient (Wildman–Crippen LogP) is 2.67. The van der Waals surface area contributed by atoms with E-state index in [1.165, 1.54) is 0 Å². The van der Waals surface area contributed by atoms with Crippen LogP contribution in [-0.2, 0) is 0 Å². The number of aromatic amines is 1. The van der Waals surface area contributed by atoms with E-state index < -0.39 is 0 Å². The zero-order valence-corrected chi connectivity index (χ0v) is 10.5. The van der Waals surface area contributed by atoms with Gasteiger partial charge in [-0.3, -0.25) is 5.43 Å². The van der Waals surface area contributed by atoms with Crippen molar-refractivity contribution >= 4 is 29.1 Å². The molecule has 2 aromatic heterocycles. The second-order valence-electron chi connectivity index (χ2n) is 3.88. The van der Waals surface area contributed by atoms with Gasteiger partial charge in [-0.25, -0.2) is 14.6 Å². The molecule has 3 aromatic rings. The van der Waals surface area contributed by atoms with Gasteiger partial charge in [-0.1, -0.05) is 30.4 Å². The van der Waals surface area contributed by atoms with E-state index in [4.69, 9.17) is 12.2 Å². The molecule has 2 N–H and O–H groups in total. The highest BCUT2D eigenvalue weighted by atomic mass is 32.1. The average Bonchev–Trinajstić information content (AvgIpc) is 2.70.